The molecule has 2 rings (SSSR count). The monoisotopic (exact) mass is 273 g/mol. The molecule has 5 heteroatoms. The SMILES string of the molecule is CCOc1ccc(NC(=S)Nc2ccncc2)cc1. The molecule has 2 aromatic rings. The lowest BCUT2D eigenvalue weighted by atomic mass is 10.3. The van der Waals surface area contributed by atoms with Crippen molar-refractivity contribution in [3.8, 4) is 5.75 Å². The number of ether oxygens (including phenoxy) is 1. The Morgan fingerprint density at radius 2 is 1.63 bits per heavy atom. The molecule has 0 unspecified atom stereocenters. The highest BCUT2D eigenvalue weighted by molar-refractivity contribution is 7.80. The Kier molecular flexibility index (Phi) is 4.69. The normalized spacial score (nSPS) is 9.74. The molecule has 0 bridgehead atoms. The number of anilines is 2. The molecule has 1 heterocycles. The Bertz CT molecular complexity index is 528. The Morgan fingerprint density at radius 3 is 2.21 bits per heavy atom. The highest BCUT2D eigenvalue weighted by Crippen LogP contribution is 2.16. The van der Waals surface area contributed by atoms with Gasteiger partial charge in [0.05, 0.1) is 6.61 Å². The molecule has 1 aromatic heterocycles. The molecule has 0 aliphatic heterocycles. The van der Waals surface area contributed by atoms with Crippen LogP contribution >= 0.6 is 12.2 Å². The van der Waals surface area contributed by atoms with Crippen LogP contribution in [0.15, 0.2) is 48.8 Å². The van der Waals surface area contributed by atoms with Crippen molar-refractivity contribution in [3.05, 3.63) is 48.8 Å². The summed E-state index contributed by atoms with van der Waals surface area (Å²) in [4.78, 5) is 3.95. The van der Waals surface area contributed by atoms with Crippen LogP contribution in [0.5, 0.6) is 5.75 Å². The van der Waals surface area contributed by atoms with Gasteiger partial charge in [0.1, 0.15) is 5.75 Å². The number of aromatic nitrogens is 1. The molecule has 0 fully saturated rings. The van der Waals surface area contributed by atoms with E-state index in [2.05, 4.69) is 15.6 Å². The minimum absolute atomic E-state index is 0.537. The van der Waals surface area contributed by atoms with Crippen LogP contribution in [-0.4, -0.2) is 16.7 Å². The molecule has 0 aliphatic rings. The predicted molar refractivity (Wildman–Crippen MR) is 81.7 cm³/mol. The summed E-state index contributed by atoms with van der Waals surface area (Å²) in [5, 5.41) is 6.72. The van der Waals surface area contributed by atoms with Crippen LogP contribution in [-0.2, 0) is 0 Å². The Labute approximate surface area is 117 Å². The standard InChI is InChI=1S/C14H15N3OS/c1-2-18-13-5-3-11(4-6-13)16-14(19)17-12-7-9-15-10-8-12/h3-10H,2H2,1H3,(H2,15,16,17,19). The van der Waals surface area contributed by atoms with E-state index in [9.17, 15) is 0 Å². The summed E-state index contributed by atoms with van der Waals surface area (Å²) >= 11 is 5.23. The van der Waals surface area contributed by atoms with Gasteiger partial charge >= 0.3 is 0 Å². The van der Waals surface area contributed by atoms with Crippen molar-refractivity contribution in [1.29, 1.82) is 0 Å². The van der Waals surface area contributed by atoms with Gasteiger partial charge in [-0.05, 0) is 55.5 Å². The van der Waals surface area contributed by atoms with Crippen molar-refractivity contribution in [1.82, 2.24) is 4.98 Å². The number of benzene rings is 1. The first kappa shape index (κ1) is 13.3. The Hall–Kier alpha value is -2.14. The van der Waals surface area contributed by atoms with Gasteiger partial charge in [-0.25, -0.2) is 0 Å². The second kappa shape index (κ2) is 6.70. The third kappa shape index (κ3) is 4.22. The minimum atomic E-state index is 0.537. The van der Waals surface area contributed by atoms with E-state index in [4.69, 9.17) is 17.0 Å². The molecule has 19 heavy (non-hydrogen) atoms. The van der Waals surface area contributed by atoms with E-state index < -0.39 is 0 Å². The predicted octanol–water partition coefficient (Wildman–Crippen LogP) is 3.29. The molecule has 0 spiro atoms. The molecule has 0 aliphatic carbocycles. The molecule has 0 radical (unpaired) electrons. The maximum atomic E-state index is 5.38. The number of thiocarbonyl (C=S) groups is 1. The summed E-state index contributed by atoms with van der Waals surface area (Å²) in [5.74, 6) is 0.848. The lowest BCUT2D eigenvalue weighted by molar-refractivity contribution is 0.340. The van der Waals surface area contributed by atoms with Gasteiger partial charge in [0.25, 0.3) is 0 Å². The first-order valence-electron chi connectivity index (χ1n) is 5.99. The fourth-order valence-corrected chi connectivity index (χ4v) is 1.77. The molecule has 98 valence electrons. The number of hydrogen-bond donors (Lipinski definition) is 2. The number of rotatable bonds is 4. The van der Waals surface area contributed by atoms with Crippen molar-refractivity contribution in [2.24, 2.45) is 0 Å². The molecular weight excluding hydrogens is 258 g/mol. The van der Waals surface area contributed by atoms with Gasteiger partial charge in [-0.3, -0.25) is 4.98 Å². The summed E-state index contributed by atoms with van der Waals surface area (Å²) in [7, 11) is 0. The van der Waals surface area contributed by atoms with Gasteiger partial charge < -0.3 is 15.4 Å². The molecule has 0 amide bonds. The van der Waals surface area contributed by atoms with E-state index in [1.807, 2.05) is 43.3 Å². The smallest absolute Gasteiger partial charge is 0.175 e. The fourth-order valence-electron chi connectivity index (χ4n) is 1.53. The van der Waals surface area contributed by atoms with Gasteiger partial charge in [0.2, 0.25) is 0 Å². The zero-order valence-corrected chi connectivity index (χ0v) is 11.4. The lowest BCUT2D eigenvalue weighted by Crippen LogP contribution is -2.18. The highest BCUT2D eigenvalue weighted by Gasteiger charge is 1.99. The summed E-state index contributed by atoms with van der Waals surface area (Å²) in [5.41, 5.74) is 1.81. The van der Waals surface area contributed by atoms with Crippen molar-refractivity contribution in [2.75, 3.05) is 17.2 Å². The number of pyridine rings is 1. The van der Waals surface area contributed by atoms with E-state index >= 15 is 0 Å². The van der Waals surface area contributed by atoms with Crippen LogP contribution in [0.4, 0.5) is 11.4 Å². The fraction of sp³-hybridized carbons (Fsp3) is 0.143. The average Bonchev–Trinajstić information content (AvgIpc) is 2.42. The van der Waals surface area contributed by atoms with Crippen LogP contribution in [0.1, 0.15) is 6.92 Å². The maximum absolute atomic E-state index is 5.38. The van der Waals surface area contributed by atoms with E-state index in [1.54, 1.807) is 12.4 Å². The van der Waals surface area contributed by atoms with Crippen molar-refractivity contribution in [2.45, 2.75) is 6.92 Å². The van der Waals surface area contributed by atoms with Crippen molar-refractivity contribution >= 4 is 28.7 Å². The first-order chi connectivity index (χ1) is 9.28. The number of nitrogens with one attached hydrogen (secondary N) is 2. The molecule has 0 saturated heterocycles. The third-order valence-electron chi connectivity index (χ3n) is 2.36. The van der Waals surface area contributed by atoms with Gasteiger partial charge in [-0.2, -0.15) is 0 Å². The summed E-state index contributed by atoms with van der Waals surface area (Å²) in [6.45, 7) is 2.62. The quantitative estimate of drug-likeness (QED) is 0.837. The molecule has 0 saturated carbocycles. The average molecular weight is 273 g/mol. The van der Waals surface area contributed by atoms with E-state index in [-0.39, 0.29) is 0 Å². The second-order valence-electron chi connectivity index (χ2n) is 3.77. The summed E-state index contributed by atoms with van der Waals surface area (Å²) < 4.78 is 5.38. The topological polar surface area (TPSA) is 46.2 Å². The molecule has 2 N–H and O–H groups in total. The second-order valence-corrected chi connectivity index (χ2v) is 4.18. The first-order valence-corrected chi connectivity index (χ1v) is 6.39. The van der Waals surface area contributed by atoms with Gasteiger partial charge in [-0.1, -0.05) is 0 Å². The minimum Gasteiger partial charge on any atom is -0.494 e. The van der Waals surface area contributed by atoms with Crippen molar-refractivity contribution < 1.29 is 4.74 Å². The lowest BCUT2D eigenvalue weighted by Gasteiger charge is -2.11. The summed E-state index contributed by atoms with van der Waals surface area (Å²) in [6.07, 6.45) is 3.42. The zero-order valence-electron chi connectivity index (χ0n) is 10.6. The van der Waals surface area contributed by atoms with E-state index in [1.165, 1.54) is 0 Å². The van der Waals surface area contributed by atoms with E-state index in [0.717, 1.165) is 17.1 Å². The maximum Gasteiger partial charge on any atom is 0.175 e. The Morgan fingerprint density at radius 1 is 1.05 bits per heavy atom. The molecule has 4 nitrogen and oxygen atoms in total. The van der Waals surface area contributed by atoms with Crippen LogP contribution in [0.3, 0.4) is 0 Å². The van der Waals surface area contributed by atoms with Crippen molar-refractivity contribution in [3.63, 3.8) is 0 Å². The van der Waals surface area contributed by atoms with E-state index in [0.29, 0.717) is 11.7 Å². The number of hydrogen-bond acceptors (Lipinski definition) is 3. The van der Waals surface area contributed by atoms with Crippen LogP contribution < -0.4 is 15.4 Å². The molecular formula is C14H15N3OS. The van der Waals surface area contributed by atoms with Crippen LogP contribution in [0.2, 0.25) is 0 Å². The largest absolute Gasteiger partial charge is 0.494 e. The van der Waals surface area contributed by atoms with Gasteiger partial charge in [0.15, 0.2) is 5.11 Å². The highest BCUT2D eigenvalue weighted by atomic mass is 32.1. The summed E-state index contributed by atoms with van der Waals surface area (Å²) in [6, 6.07) is 11.4. The number of nitrogens with zero attached hydrogens (tertiary/aromatic N) is 1. The Balaban J connectivity index is 1.91. The van der Waals surface area contributed by atoms with Crippen LogP contribution in [0.25, 0.3) is 0 Å². The zero-order chi connectivity index (χ0) is 13.5. The van der Waals surface area contributed by atoms with Gasteiger partial charge in [0, 0.05) is 23.8 Å². The van der Waals surface area contributed by atoms with Gasteiger partial charge in [-0.15, -0.1) is 0 Å². The van der Waals surface area contributed by atoms with Crippen LogP contribution in [0, 0.1) is 0 Å². The molecule has 0 atom stereocenters. The molecule has 1 aromatic carbocycles. The third-order valence-corrected chi connectivity index (χ3v) is 2.57.